The molecule has 0 saturated carbocycles. The normalized spacial score (nSPS) is 12.9. The Morgan fingerprint density at radius 1 is 0.600 bits per heavy atom. The van der Waals surface area contributed by atoms with Gasteiger partial charge in [-0.15, -0.1) is 0 Å². The van der Waals surface area contributed by atoms with Gasteiger partial charge in [0.2, 0.25) is 0 Å². The molecule has 0 nitrogen and oxygen atoms in total. The van der Waals surface area contributed by atoms with E-state index in [0.29, 0.717) is 6.86 Å². The summed E-state index contributed by atoms with van der Waals surface area (Å²) in [6.07, 6.45) is 0. The van der Waals surface area contributed by atoms with Gasteiger partial charge in [-0.2, -0.15) is 0 Å². The molecule has 0 N–H and O–H groups in total. The van der Waals surface area contributed by atoms with E-state index >= 15 is 0 Å². The molecule has 0 saturated heterocycles. The molecule has 0 fully saturated rings. The van der Waals surface area contributed by atoms with Crippen LogP contribution in [-0.4, -0.2) is 42.3 Å². The number of benzene rings is 2. The van der Waals surface area contributed by atoms with Crippen molar-refractivity contribution in [2.24, 2.45) is 0 Å². The molecule has 4 radical (unpaired) electrons. The predicted octanol–water partition coefficient (Wildman–Crippen LogP) is 3.94. The number of hydrogen-bond acceptors (Lipinski definition) is 0. The molecule has 2 aromatic carbocycles. The van der Waals surface area contributed by atoms with Crippen molar-refractivity contribution in [3.8, 4) is 0 Å². The summed E-state index contributed by atoms with van der Waals surface area (Å²) in [5, 5.41) is 2.87. The van der Waals surface area contributed by atoms with Crippen molar-refractivity contribution in [3.63, 3.8) is 0 Å². The second kappa shape index (κ2) is 6.19. The van der Waals surface area contributed by atoms with Crippen LogP contribution in [0.15, 0.2) is 36.4 Å². The Labute approximate surface area is 144 Å². The molecule has 0 aliphatic carbocycles. The maximum atomic E-state index is 2.47. The quantitative estimate of drug-likeness (QED) is 0.575. The van der Waals surface area contributed by atoms with Gasteiger partial charge < -0.3 is 0 Å². The third kappa shape index (κ3) is 5.25. The SMILES string of the molecule is C[C](C)(C)[Sn][c]1ccc2cc[c]([Sn][C](C)(C)C)cc2c1. The average Bonchev–Trinajstić information content (AvgIpc) is 2.23. The van der Waals surface area contributed by atoms with E-state index in [1.807, 2.05) is 0 Å². The van der Waals surface area contributed by atoms with Crippen molar-refractivity contribution in [2.45, 2.75) is 48.4 Å². The van der Waals surface area contributed by atoms with Gasteiger partial charge >= 0.3 is 145 Å². The van der Waals surface area contributed by atoms with Crippen LogP contribution in [0.1, 0.15) is 41.5 Å². The van der Waals surface area contributed by atoms with Gasteiger partial charge in [-0.3, -0.25) is 0 Å². The third-order valence-corrected chi connectivity index (χ3v) is 10.6. The summed E-state index contributed by atoms with van der Waals surface area (Å²) in [5.41, 5.74) is 0. The van der Waals surface area contributed by atoms with Gasteiger partial charge in [0, 0.05) is 0 Å². The van der Waals surface area contributed by atoms with Gasteiger partial charge in [0.25, 0.3) is 0 Å². The van der Waals surface area contributed by atoms with E-state index in [2.05, 4.69) is 77.9 Å². The van der Waals surface area contributed by atoms with Crippen LogP contribution in [0.4, 0.5) is 0 Å². The van der Waals surface area contributed by atoms with E-state index in [4.69, 9.17) is 0 Å². The van der Waals surface area contributed by atoms with E-state index in [1.54, 1.807) is 7.16 Å². The zero-order chi connectivity index (χ0) is 15.0. The van der Waals surface area contributed by atoms with E-state index in [-0.39, 0.29) is 0 Å². The topological polar surface area (TPSA) is 0 Å². The molecule has 20 heavy (non-hydrogen) atoms. The molecule has 104 valence electrons. The van der Waals surface area contributed by atoms with Gasteiger partial charge in [0.05, 0.1) is 0 Å². The minimum absolute atomic E-state index is 0.493. The second-order valence-electron chi connectivity index (χ2n) is 7.53. The summed E-state index contributed by atoms with van der Waals surface area (Å²) in [6, 6.07) is 14.3. The molecule has 0 aliphatic rings. The Balaban J connectivity index is 2.34. The first-order valence-electron chi connectivity index (χ1n) is 7.23. The van der Waals surface area contributed by atoms with Crippen LogP contribution in [0.2, 0.25) is 6.86 Å². The Morgan fingerprint density at radius 3 is 1.35 bits per heavy atom. The van der Waals surface area contributed by atoms with Gasteiger partial charge in [-0.1, -0.05) is 0 Å². The predicted molar refractivity (Wildman–Crippen MR) is 94.2 cm³/mol. The Morgan fingerprint density at radius 2 is 1.00 bits per heavy atom. The molecule has 0 heterocycles. The summed E-state index contributed by atoms with van der Waals surface area (Å²) < 4.78 is 4.31. The minimum atomic E-state index is -0.493. The Kier molecular flexibility index (Phi) is 5.16. The van der Waals surface area contributed by atoms with Crippen LogP contribution in [0.25, 0.3) is 10.8 Å². The number of rotatable bonds is 2. The van der Waals surface area contributed by atoms with Crippen molar-refractivity contribution >= 4 is 60.2 Å². The molecular weight excluding hydrogens is 454 g/mol. The molecule has 2 aromatic rings. The molecule has 0 bridgehead atoms. The van der Waals surface area contributed by atoms with Crippen LogP contribution in [-0.2, 0) is 0 Å². The monoisotopic (exact) mass is 480 g/mol. The average molecular weight is 478 g/mol. The van der Waals surface area contributed by atoms with Crippen molar-refractivity contribution < 1.29 is 0 Å². The fourth-order valence-electron chi connectivity index (χ4n) is 2.27. The van der Waals surface area contributed by atoms with Crippen LogP contribution in [0.3, 0.4) is 0 Å². The Bertz CT molecular complexity index is 550. The zero-order valence-corrected chi connectivity index (χ0v) is 19.2. The fourth-order valence-corrected chi connectivity index (χ4v) is 9.46. The molecule has 0 aromatic heterocycles. The first-order chi connectivity index (χ1) is 9.12. The van der Waals surface area contributed by atoms with Crippen LogP contribution < -0.4 is 7.16 Å². The van der Waals surface area contributed by atoms with Gasteiger partial charge in [-0.05, 0) is 0 Å². The molecule has 0 aliphatic heterocycles. The van der Waals surface area contributed by atoms with Gasteiger partial charge in [0.1, 0.15) is 0 Å². The number of fused-ring (bicyclic) bond motifs is 1. The first kappa shape index (κ1) is 16.7. The zero-order valence-electron chi connectivity index (χ0n) is 13.5. The second-order valence-corrected chi connectivity index (χ2v) is 20.8. The first-order valence-corrected chi connectivity index (χ1v) is 12.9. The fraction of sp³-hybridized carbons (Fsp3) is 0.444. The van der Waals surface area contributed by atoms with Crippen LogP contribution in [0.5, 0.6) is 0 Å². The van der Waals surface area contributed by atoms with Gasteiger partial charge in [0.15, 0.2) is 0 Å². The van der Waals surface area contributed by atoms with Crippen molar-refractivity contribution in [2.75, 3.05) is 0 Å². The van der Waals surface area contributed by atoms with Gasteiger partial charge in [-0.25, -0.2) is 0 Å². The van der Waals surface area contributed by atoms with E-state index in [1.165, 1.54) is 10.8 Å². The van der Waals surface area contributed by atoms with Crippen LogP contribution in [0, 0.1) is 0 Å². The molecule has 0 spiro atoms. The molecule has 0 amide bonds. The molecule has 2 rings (SSSR count). The molecule has 0 atom stereocenters. The van der Waals surface area contributed by atoms with Crippen molar-refractivity contribution in [1.29, 1.82) is 0 Å². The van der Waals surface area contributed by atoms with Crippen molar-refractivity contribution in [3.05, 3.63) is 36.4 Å². The summed E-state index contributed by atoms with van der Waals surface area (Å²) in [4.78, 5) is 0. The standard InChI is InChI=1S/C10H6.2C4H9.2Sn/c1-2-6-10-8-4-3-7-9(10)5-1;2*1-4(2)3;;/h1,3,5-8H;2*1-3H3;;. The van der Waals surface area contributed by atoms with E-state index in [0.717, 1.165) is 0 Å². The molecule has 0 unspecified atom stereocenters. The number of hydrogen-bond donors (Lipinski definition) is 0. The summed E-state index contributed by atoms with van der Waals surface area (Å²) in [6.45, 7) is 14.3. The summed E-state index contributed by atoms with van der Waals surface area (Å²) in [5.74, 6) is 0. The summed E-state index contributed by atoms with van der Waals surface area (Å²) in [7, 11) is 0. The van der Waals surface area contributed by atoms with E-state index in [9.17, 15) is 0 Å². The maximum absolute atomic E-state index is 2.47. The molecular formula is C18H24Sn2. The molecule has 2 heteroatoms. The Hall–Kier alpha value is 0.297. The summed E-state index contributed by atoms with van der Waals surface area (Å²) >= 11 is -0.987. The van der Waals surface area contributed by atoms with Crippen molar-refractivity contribution in [1.82, 2.24) is 0 Å². The van der Waals surface area contributed by atoms with Crippen LogP contribution >= 0.6 is 0 Å². The van der Waals surface area contributed by atoms with E-state index < -0.39 is 42.3 Å². The third-order valence-electron chi connectivity index (χ3n) is 2.88.